The average Bonchev–Trinajstić information content (AvgIpc) is 3.02. The number of ketones is 1. The van der Waals surface area contributed by atoms with Gasteiger partial charge in [-0.3, -0.25) is 9.59 Å². The van der Waals surface area contributed by atoms with E-state index in [2.05, 4.69) is 26.1 Å². The molecular weight excluding hydrogens is 338 g/mol. The Bertz CT molecular complexity index is 685. The molecule has 0 aromatic rings. The van der Waals surface area contributed by atoms with Gasteiger partial charge >= 0.3 is 5.97 Å². The molecule has 4 heteroatoms. The number of carboxylic acids is 1. The first kappa shape index (κ1) is 19.0. The van der Waals surface area contributed by atoms with Crippen molar-refractivity contribution in [2.45, 2.75) is 78.6 Å². The summed E-state index contributed by atoms with van der Waals surface area (Å²) in [5, 5.41) is 13.7. The number of fused-ring (bicyclic) bond motifs is 5. The van der Waals surface area contributed by atoms with Crippen LogP contribution in [0.3, 0.4) is 0 Å². The SMILES string of the molecule is CCCCC1(C(=O)O)C[C@@]2(C)C(=CC1=O)NC[C@H]1[C@@H]3CCC[C@@]3(C)CC[C@@H]12. The maximum atomic E-state index is 13.0. The fourth-order valence-corrected chi connectivity index (χ4v) is 7.39. The number of aliphatic carboxylic acids is 1. The third-order valence-electron chi connectivity index (χ3n) is 8.96. The Morgan fingerprint density at radius 1 is 1.26 bits per heavy atom. The molecule has 150 valence electrons. The van der Waals surface area contributed by atoms with Crippen LogP contribution in [0.25, 0.3) is 0 Å². The van der Waals surface area contributed by atoms with Crippen LogP contribution in [0, 0.1) is 34.0 Å². The standard InChI is InChI=1S/C23H35NO3/c1-4-5-10-23(20(26)27)14-22(3)17-8-11-21(2)9-6-7-16(21)15(17)13-24-18(22)12-19(23)25/h12,15-17,24H,4-11,13-14H2,1-3H3,(H,26,27)/t15-,16-,17-,21-,22+,23?/m0/s1. The molecule has 0 bridgehead atoms. The van der Waals surface area contributed by atoms with E-state index in [9.17, 15) is 14.7 Å². The highest BCUT2D eigenvalue weighted by Crippen LogP contribution is 2.64. The zero-order valence-corrected chi connectivity index (χ0v) is 17.1. The number of carboxylic acid groups (broad SMARTS) is 1. The summed E-state index contributed by atoms with van der Waals surface area (Å²) in [6.45, 7) is 7.73. The van der Waals surface area contributed by atoms with Gasteiger partial charge in [-0.1, -0.05) is 40.0 Å². The van der Waals surface area contributed by atoms with E-state index in [1.807, 2.05) is 0 Å². The van der Waals surface area contributed by atoms with E-state index in [-0.39, 0.29) is 11.2 Å². The molecule has 0 aromatic heterocycles. The summed E-state index contributed by atoms with van der Waals surface area (Å²) in [6.07, 6.45) is 10.7. The number of allylic oxidation sites excluding steroid dienone is 2. The van der Waals surface area contributed by atoms with E-state index in [1.165, 1.54) is 32.1 Å². The molecule has 2 saturated carbocycles. The molecule has 3 fully saturated rings. The second kappa shape index (κ2) is 6.35. The van der Waals surface area contributed by atoms with Crippen LogP contribution in [0.4, 0.5) is 0 Å². The van der Waals surface area contributed by atoms with Crippen LogP contribution >= 0.6 is 0 Å². The first-order valence-corrected chi connectivity index (χ1v) is 11.0. The van der Waals surface area contributed by atoms with Crippen LogP contribution in [0.15, 0.2) is 11.8 Å². The van der Waals surface area contributed by atoms with Crippen molar-refractivity contribution in [2.24, 2.45) is 34.0 Å². The van der Waals surface area contributed by atoms with Crippen LogP contribution in [-0.2, 0) is 9.59 Å². The van der Waals surface area contributed by atoms with E-state index in [0.29, 0.717) is 30.1 Å². The molecule has 0 amide bonds. The molecule has 4 nitrogen and oxygen atoms in total. The highest BCUT2D eigenvalue weighted by Gasteiger charge is 2.61. The molecule has 0 spiro atoms. The number of nitrogens with one attached hydrogen (secondary N) is 1. The number of piperidine rings is 1. The molecule has 4 aliphatic rings. The minimum atomic E-state index is -1.23. The van der Waals surface area contributed by atoms with Crippen molar-refractivity contribution in [3.8, 4) is 0 Å². The highest BCUT2D eigenvalue weighted by atomic mass is 16.4. The molecule has 0 radical (unpaired) electrons. The average molecular weight is 374 g/mol. The molecule has 1 heterocycles. The lowest BCUT2D eigenvalue weighted by atomic mass is 9.48. The largest absolute Gasteiger partial charge is 0.480 e. The summed E-state index contributed by atoms with van der Waals surface area (Å²) in [4.78, 5) is 25.3. The normalized spacial score (nSPS) is 46.0. The van der Waals surface area contributed by atoms with E-state index < -0.39 is 11.4 Å². The Hall–Kier alpha value is -1.32. The van der Waals surface area contributed by atoms with Crippen molar-refractivity contribution in [3.63, 3.8) is 0 Å². The Labute approximate surface area is 163 Å². The van der Waals surface area contributed by atoms with Crippen LogP contribution in [0.2, 0.25) is 0 Å². The number of carbonyl (C=O) groups is 2. The van der Waals surface area contributed by atoms with Gasteiger partial charge in [-0.05, 0) is 61.7 Å². The van der Waals surface area contributed by atoms with Crippen LogP contribution in [-0.4, -0.2) is 23.4 Å². The molecule has 1 unspecified atom stereocenters. The lowest BCUT2D eigenvalue weighted by molar-refractivity contribution is -0.160. The second-order valence-electron chi connectivity index (χ2n) is 10.3. The second-order valence-corrected chi connectivity index (χ2v) is 10.3. The molecule has 6 atom stereocenters. The predicted octanol–water partition coefficient (Wildman–Crippen LogP) is 4.55. The third-order valence-corrected chi connectivity index (χ3v) is 8.96. The maximum absolute atomic E-state index is 13.0. The van der Waals surface area contributed by atoms with Crippen LogP contribution in [0.1, 0.15) is 78.6 Å². The van der Waals surface area contributed by atoms with Gasteiger partial charge in [0.1, 0.15) is 5.41 Å². The van der Waals surface area contributed by atoms with E-state index in [1.54, 1.807) is 6.08 Å². The van der Waals surface area contributed by atoms with Gasteiger partial charge < -0.3 is 10.4 Å². The predicted molar refractivity (Wildman–Crippen MR) is 105 cm³/mol. The van der Waals surface area contributed by atoms with Gasteiger partial charge in [0.2, 0.25) is 0 Å². The number of hydrogen-bond acceptors (Lipinski definition) is 3. The zero-order valence-electron chi connectivity index (χ0n) is 17.1. The number of carbonyl (C=O) groups excluding carboxylic acids is 1. The molecular formula is C23H35NO3. The molecule has 4 rings (SSSR count). The number of rotatable bonds is 4. The van der Waals surface area contributed by atoms with Gasteiger partial charge in [-0.2, -0.15) is 0 Å². The number of hydrogen-bond donors (Lipinski definition) is 2. The lowest BCUT2D eigenvalue weighted by Crippen LogP contribution is -2.59. The van der Waals surface area contributed by atoms with E-state index in [4.69, 9.17) is 0 Å². The quantitative estimate of drug-likeness (QED) is 0.710. The van der Waals surface area contributed by atoms with Gasteiger partial charge in [-0.15, -0.1) is 0 Å². The Kier molecular flexibility index (Phi) is 4.47. The van der Waals surface area contributed by atoms with Crippen molar-refractivity contribution in [1.82, 2.24) is 5.32 Å². The zero-order chi connectivity index (χ0) is 19.4. The summed E-state index contributed by atoms with van der Waals surface area (Å²) in [6, 6.07) is 0. The van der Waals surface area contributed by atoms with Crippen molar-refractivity contribution in [2.75, 3.05) is 6.54 Å². The first-order chi connectivity index (χ1) is 12.8. The summed E-state index contributed by atoms with van der Waals surface area (Å²) in [5.41, 5.74) is 0.0433. The van der Waals surface area contributed by atoms with Crippen molar-refractivity contribution in [3.05, 3.63) is 11.8 Å². The fraction of sp³-hybridized carbons (Fsp3) is 0.826. The first-order valence-electron chi connectivity index (χ1n) is 11.0. The summed E-state index contributed by atoms with van der Waals surface area (Å²) < 4.78 is 0. The lowest BCUT2D eigenvalue weighted by Gasteiger charge is -2.59. The van der Waals surface area contributed by atoms with Gasteiger partial charge in [0, 0.05) is 23.7 Å². The summed E-state index contributed by atoms with van der Waals surface area (Å²) >= 11 is 0. The molecule has 1 aliphatic heterocycles. The van der Waals surface area contributed by atoms with Crippen LogP contribution in [0.5, 0.6) is 0 Å². The highest BCUT2D eigenvalue weighted by molar-refractivity contribution is 6.10. The minimum absolute atomic E-state index is 0.191. The summed E-state index contributed by atoms with van der Waals surface area (Å²) in [7, 11) is 0. The van der Waals surface area contributed by atoms with Crippen molar-refractivity contribution < 1.29 is 14.7 Å². The van der Waals surface area contributed by atoms with Gasteiger partial charge in [0.25, 0.3) is 0 Å². The Morgan fingerprint density at radius 3 is 2.74 bits per heavy atom. The summed E-state index contributed by atoms with van der Waals surface area (Å²) in [5.74, 6) is 0.744. The van der Waals surface area contributed by atoms with Crippen LogP contribution < -0.4 is 5.32 Å². The topological polar surface area (TPSA) is 66.4 Å². The van der Waals surface area contributed by atoms with Crippen molar-refractivity contribution >= 4 is 11.8 Å². The Balaban J connectivity index is 1.71. The van der Waals surface area contributed by atoms with Gasteiger partial charge in [0.05, 0.1) is 0 Å². The minimum Gasteiger partial charge on any atom is -0.480 e. The van der Waals surface area contributed by atoms with Crippen molar-refractivity contribution in [1.29, 1.82) is 0 Å². The van der Waals surface area contributed by atoms with Gasteiger partial charge in [0.15, 0.2) is 5.78 Å². The molecule has 1 saturated heterocycles. The smallest absolute Gasteiger partial charge is 0.317 e. The molecule has 0 aromatic carbocycles. The molecule has 2 N–H and O–H groups in total. The Morgan fingerprint density at radius 2 is 2.04 bits per heavy atom. The third kappa shape index (κ3) is 2.61. The van der Waals surface area contributed by atoms with Gasteiger partial charge in [-0.25, -0.2) is 0 Å². The monoisotopic (exact) mass is 373 g/mol. The molecule has 3 aliphatic carbocycles. The number of unbranched alkanes of at least 4 members (excludes halogenated alkanes) is 1. The van der Waals surface area contributed by atoms with E-state index >= 15 is 0 Å². The fourth-order valence-electron chi connectivity index (χ4n) is 7.39. The maximum Gasteiger partial charge on any atom is 0.317 e. The van der Waals surface area contributed by atoms with E-state index in [0.717, 1.165) is 31.0 Å². The molecule has 27 heavy (non-hydrogen) atoms.